The number of methoxy groups -OCH3 is 4. The van der Waals surface area contributed by atoms with Gasteiger partial charge < -0.3 is 43.7 Å². The number of rotatable bonds is 19. The van der Waals surface area contributed by atoms with Crippen molar-refractivity contribution in [2.75, 3.05) is 46.9 Å². The van der Waals surface area contributed by atoms with Gasteiger partial charge in [-0.25, -0.2) is 4.79 Å². The molecule has 0 atom stereocenters. The molecule has 0 radical (unpaired) electrons. The lowest BCUT2D eigenvalue weighted by atomic mass is 10.0. The Bertz CT molecular complexity index is 2090. The van der Waals surface area contributed by atoms with Crippen LogP contribution in [0, 0.1) is 0 Å². The van der Waals surface area contributed by atoms with Crippen LogP contribution in [0.1, 0.15) is 112 Å². The minimum absolute atomic E-state index is 0. The third kappa shape index (κ3) is 19.6. The van der Waals surface area contributed by atoms with E-state index < -0.39 is 30.0 Å². The number of unbranched alkanes of at least 4 members (excludes halogenated alkanes) is 4. The van der Waals surface area contributed by atoms with Gasteiger partial charge in [0.25, 0.3) is 12.4 Å². The molecule has 0 heterocycles. The van der Waals surface area contributed by atoms with Crippen LogP contribution in [-0.4, -0.2) is 81.5 Å². The first-order valence-corrected chi connectivity index (χ1v) is 20.6. The maximum absolute atomic E-state index is 13.7. The number of anilines is 1. The molecule has 0 bridgehead atoms. The first-order valence-electron chi connectivity index (χ1n) is 20.6. The zero-order valence-electron chi connectivity index (χ0n) is 38.1. The molecule has 0 aliphatic heterocycles. The van der Waals surface area contributed by atoms with Crippen molar-refractivity contribution in [2.45, 2.75) is 98.9 Å². The number of benzene rings is 4. The van der Waals surface area contributed by atoms with Crippen molar-refractivity contribution < 1.29 is 65.9 Å². The molecule has 0 unspecified atom stereocenters. The number of hydrogen-bond donors (Lipinski definition) is 2. The van der Waals surface area contributed by atoms with Gasteiger partial charge in [-0.3, -0.25) is 14.4 Å². The van der Waals surface area contributed by atoms with Crippen molar-refractivity contribution in [1.82, 2.24) is 4.90 Å². The maximum atomic E-state index is 13.7. The van der Waals surface area contributed by atoms with Gasteiger partial charge in [0.2, 0.25) is 5.91 Å². The van der Waals surface area contributed by atoms with Gasteiger partial charge in [0.15, 0.2) is 0 Å². The molecule has 4 aromatic rings. The first kappa shape index (κ1) is 56.7. The number of carbonyl (C=O) groups excluding carboxylic acids is 3. The van der Waals surface area contributed by atoms with Gasteiger partial charge in [-0.1, -0.05) is 46.1 Å². The van der Waals surface area contributed by atoms with Crippen LogP contribution in [0.4, 0.5) is 18.9 Å². The van der Waals surface area contributed by atoms with Crippen LogP contribution in [0.3, 0.4) is 0 Å². The molecular weight excluding hydrogens is 850 g/mol. The summed E-state index contributed by atoms with van der Waals surface area (Å²) in [6.45, 7) is 10.9. The molecule has 0 fully saturated rings. The number of ether oxygens (including phenoxy) is 6. The Morgan fingerprint density at radius 1 is 0.738 bits per heavy atom. The van der Waals surface area contributed by atoms with Crippen LogP contribution < -0.4 is 29.0 Å². The molecule has 0 aliphatic carbocycles. The normalized spacial score (nSPS) is 10.6. The maximum Gasteiger partial charge on any atom is 0.416 e. The van der Waals surface area contributed by atoms with E-state index in [-0.39, 0.29) is 66.0 Å². The summed E-state index contributed by atoms with van der Waals surface area (Å²) >= 11 is 0. The fourth-order valence-corrected chi connectivity index (χ4v) is 5.80. The molecule has 4 aromatic carbocycles. The molecule has 13 nitrogen and oxygen atoms in total. The van der Waals surface area contributed by atoms with Gasteiger partial charge in [-0.15, -0.1) is 0 Å². The Kier molecular flexibility index (Phi) is 24.9. The average molecular weight is 915 g/mol. The Labute approximate surface area is 381 Å². The predicted octanol–water partition coefficient (Wildman–Crippen LogP) is 10.9. The van der Waals surface area contributed by atoms with Crippen molar-refractivity contribution in [3.8, 4) is 28.7 Å². The molecule has 358 valence electrons. The second-order valence-corrected chi connectivity index (χ2v) is 15.1. The molecular formula is C49H65F3N2O11. The zero-order valence-corrected chi connectivity index (χ0v) is 38.1. The van der Waals surface area contributed by atoms with Gasteiger partial charge in [-0.05, 0) is 100 Å². The van der Waals surface area contributed by atoms with E-state index in [9.17, 15) is 27.6 Å². The standard InChI is InChI=1S/C42H47F3N2O8.C5H12O.CH2O2.CH4/c1-6-8-9-10-11-22-54-32-17-12-28(13-18-32)41(50)55-34-20-15-30(37(26-34)52-4)27-47(7-2)40(49)35-21-16-31(24-38(35)53-5)46-39(48)23-29-14-19-33(51-3)25-36(29)42(43,44)45;1-5(2,3)6-4;2-1-3;/h12-21,24-26H,6-11,22-23,27H2,1-5H3,(H,46,48);1-4H3;1H,(H,2,3);1H4. The highest BCUT2D eigenvalue weighted by Crippen LogP contribution is 2.35. The summed E-state index contributed by atoms with van der Waals surface area (Å²) in [5.74, 6) is -0.122. The number of nitrogens with one attached hydrogen (secondary N) is 1. The van der Waals surface area contributed by atoms with Crippen LogP contribution in [0.2, 0.25) is 0 Å². The lowest BCUT2D eigenvalue weighted by molar-refractivity contribution is -0.138. The topological polar surface area (TPSA) is 159 Å². The van der Waals surface area contributed by atoms with Crippen molar-refractivity contribution >= 4 is 29.9 Å². The third-order valence-electron chi connectivity index (χ3n) is 9.41. The molecule has 16 heteroatoms. The van der Waals surface area contributed by atoms with Crippen LogP contribution in [0.25, 0.3) is 0 Å². The van der Waals surface area contributed by atoms with Crippen LogP contribution >= 0.6 is 0 Å². The summed E-state index contributed by atoms with van der Waals surface area (Å²) in [7, 11) is 5.80. The molecule has 0 saturated carbocycles. The number of esters is 1. The first-order chi connectivity index (χ1) is 30.4. The van der Waals surface area contributed by atoms with Crippen molar-refractivity contribution in [1.29, 1.82) is 0 Å². The van der Waals surface area contributed by atoms with Gasteiger partial charge in [0.05, 0.1) is 56.6 Å². The Balaban J connectivity index is 0.00000192. The van der Waals surface area contributed by atoms with E-state index in [1.807, 2.05) is 20.8 Å². The smallest absolute Gasteiger partial charge is 0.416 e. The van der Waals surface area contributed by atoms with Gasteiger partial charge in [0, 0.05) is 43.6 Å². The van der Waals surface area contributed by atoms with Crippen molar-refractivity contribution in [3.63, 3.8) is 0 Å². The van der Waals surface area contributed by atoms with E-state index in [4.69, 9.17) is 38.3 Å². The van der Waals surface area contributed by atoms with E-state index >= 15 is 0 Å². The number of halogens is 3. The summed E-state index contributed by atoms with van der Waals surface area (Å²) in [5, 5.41) is 9.47. The van der Waals surface area contributed by atoms with Gasteiger partial charge in [-0.2, -0.15) is 13.2 Å². The molecule has 2 amide bonds. The van der Waals surface area contributed by atoms with Gasteiger partial charge >= 0.3 is 12.1 Å². The lowest BCUT2D eigenvalue weighted by Gasteiger charge is -2.23. The molecule has 0 aliphatic rings. The summed E-state index contributed by atoms with van der Waals surface area (Å²) < 4.78 is 73.3. The number of carbonyl (C=O) groups is 4. The third-order valence-corrected chi connectivity index (χ3v) is 9.41. The summed E-state index contributed by atoms with van der Waals surface area (Å²) in [4.78, 5) is 49.4. The van der Waals surface area contributed by atoms with Crippen LogP contribution in [-0.2, 0) is 33.5 Å². The average Bonchev–Trinajstić information content (AvgIpc) is 3.26. The van der Waals surface area contributed by atoms with E-state index in [0.717, 1.165) is 18.9 Å². The highest BCUT2D eigenvalue weighted by atomic mass is 19.4. The second kappa shape index (κ2) is 28.5. The van der Waals surface area contributed by atoms with E-state index in [2.05, 4.69) is 12.2 Å². The summed E-state index contributed by atoms with van der Waals surface area (Å²) in [6.07, 6.45) is 0.462. The van der Waals surface area contributed by atoms with E-state index in [0.29, 0.717) is 35.8 Å². The second-order valence-electron chi connectivity index (χ2n) is 15.1. The number of nitrogens with zero attached hydrogens (tertiary/aromatic N) is 1. The molecule has 4 rings (SSSR count). The lowest BCUT2D eigenvalue weighted by Crippen LogP contribution is -2.30. The number of alkyl halides is 3. The minimum atomic E-state index is -4.68. The largest absolute Gasteiger partial charge is 0.497 e. The summed E-state index contributed by atoms with van der Waals surface area (Å²) in [5.41, 5.74) is 0.283. The van der Waals surface area contributed by atoms with E-state index in [1.165, 1.54) is 70.9 Å². The fourth-order valence-electron chi connectivity index (χ4n) is 5.80. The highest BCUT2D eigenvalue weighted by Gasteiger charge is 2.34. The number of carboxylic acid groups (broad SMARTS) is 1. The molecule has 2 N–H and O–H groups in total. The Morgan fingerprint density at radius 3 is 1.88 bits per heavy atom. The number of hydrogen-bond acceptors (Lipinski definition) is 10. The summed E-state index contributed by atoms with van der Waals surface area (Å²) in [6, 6.07) is 19.4. The molecule has 0 saturated heterocycles. The Morgan fingerprint density at radius 2 is 1.32 bits per heavy atom. The van der Waals surface area contributed by atoms with Crippen LogP contribution in [0.15, 0.2) is 78.9 Å². The fraction of sp³-hybridized carbons (Fsp3) is 0.429. The Hall–Kier alpha value is -6.29. The van der Waals surface area contributed by atoms with E-state index in [1.54, 1.807) is 61.4 Å². The quantitative estimate of drug-likeness (QED) is 0.0399. The van der Waals surface area contributed by atoms with Crippen molar-refractivity contribution in [3.05, 3.63) is 107 Å². The molecule has 0 aromatic heterocycles. The molecule has 0 spiro atoms. The van der Waals surface area contributed by atoms with Gasteiger partial charge in [0.1, 0.15) is 28.7 Å². The molecule has 65 heavy (non-hydrogen) atoms. The predicted molar refractivity (Wildman–Crippen MR) is 245 cm³/mol. The monoisotopic (exact) mass is 914 g/mol. The SMILES string of the molecule is C.CCCCCCCOc1ccc(C(=O)Oc2ccc(CN(CC)C(=O)c3ccc(NC(=O)Cc4ccc(OC)cc4C(F)(F)F)cc3OC)c(OC)c2)cc1.COC(C)(C)C.O=CO. The van der Waals surface area contributed by atoms with Crippen LogP contribution in [0.5, 0.6) is 28.7 Å². The zero-order chi connectivity index (χ0) is 47.9. The highest BCUT2D eigenvalue weighted by molar-refractivity contribution is 5.99. The van der Waals surface area contributed by atoms with Crippen molar-refractivity contribution in [2.24, 2.45) is 0 Å². The number of amides is 2. The minimum Gasteiger partial charge on any atom is -0.497 e.